The molecular formula is C19H27N5O. The molecule has 1 amide bonds. The lowest BCUT2D eigenvalue weighted by Gasteiger charge is -2.29. The third-order valence-corrected chi connectivity index (χ3v) is 4.60. The maximum absolute atomic E-state index is 12.5. The van der Waals surface area contributed by atoms with Crippen LogP contribution in [0.3, 0.4) is 0 Å². The molecule has 6 nitrogen and oxygen atoms in total. The third kappa shape index (κ3) is 4.46. The molecule has 0 unspecified atom stereocenters. The fourth-order valence-corrected chi connectivity index (χ4v) is 3.25. The number of nitrogens with one attached hydrogen (secondary N) is 1. The van der Waals surface area contributed by atoms with E-state index in [1.807, 2.05) is 36.1 Å². The predicted octanol–water partition coefficient (Wildman–Crippen LogP) is 1.26. The van der Waals surface area contributed by atoms with Gasteiger partial charge >= 0.3 is 0 Å². The van der Waals surface area contributed by atoms with Gasteiger partial charge in [-0.3, -0.25) is 14.4 Å². The number of hydrogen-bond donors (Lipinski definition) is 1. The molecule has 6 heteroatoms. The van der Waals surface area contributed by atoms with E-state index in [1.54, 1.807) is 0 Å². The van der Waals surface area contributed by atoms with Gasteiger partial charge in [-0.2, -0.15) is 5.10 Å². The lowest BCUT2D eigenvalue weighted by Crippen LogP contribution is -2.49. The van der Waals surface area contributed by atoms with Crippen molar-refractivity contribution in [2.75, 3.05) is 39.8 Å². The Kier molecular flexibility index (Phi) is 5.50. The first-order valence-corrected chi connectivity index (χ1v) is 8.78. The van der Waals surface area contributed by atoms with E-state index in [1.165, 1.54) is 16.7 Å². The molecule has 0 spiro atoms. The lowest BCUT2D eigenvalue weighted by atomic mass is 9.99. The van der Waals surface area contributed by atoms with Gasteiger partial charge in [0.05, 0.1) is 12.7 Å². The summed E-state index contributed by atoms with van der Waals surface area (Å²) in [4.78, 5) is 16.5. The van der Waals surface area contributed by atoms with Gasteiger partial charge < -0.3 is 10.2 Å². The molecule has 1 aromatic heterocycles. The van der Waals surface area contributed by atoms with Gasteiger partial charge in [-0.15, -0.1) is 0 Å². The van der Waals surface area contributed by atoms with Crippen LogP contribution >= 0.6 is 0 Å². The van der Waals surface area contributed by atoms with Crippen LogP contribution in [-0.2, 0) is 18.4 Å². The largest absolute Gasteiger partial charge is 0.339 e. The van der Waals surface area contributed by atoms with Gasteiger partial charge in [-0.25, -0.2) is 0 Å². The second-order valence-electron chi connectivity index (χ2n) is 6.87. The number of aromatic nitrogens is 2. The Morgan fingerprint density at radius 1 is 1.32 bits per heavy atom. The minimum Gasteiger partial charge on any atom is -0.339 e. The fourth-order valence-electron chi connectivity index (χ4n) is 3.25. The number of benzene rings is 1. The molecule has 1 aliphatic heterocycles. The van der Waals surface area contributed by atoms with Crippen LogP contribution in [0.25, 0.3) is 11.1 Å². The molecular weight excluding hydrogens is 314 g/mol. The molecule has 0 radical (unpaired) electrons. The standard InChI is InChI=1S/C19H27N5O/c1-15-4-5-16(18(10-15)17-11-21-23(3)13-17)12-22(2)14-19(25)24-8-6-20-7-9-24/h4-5,10-11,13,20H,6-9,12,14H2,1-3H3. The number of aryl methyl sites for hydroxylation is 2. The van der Waals surface area contributed by atoms with Gasteiger partial charge in [0.2, 0.25) is 5.91 Å². The smallest absolute Gasteiger partial charge is 0.236 e. The summed E-state index contributed by atoms with van der Waals surface area (Å²) in [5, 5.41) is 7.57. The zero-order chi connectivity index (χ0) is 17.8. The van der Waals surface area contributed by atoms with Gasteiger partial charge in [0.25, 0.3) is 0 Å². The van der Waals surface area contributed by atoms with Gasteiger partial charge in [0, 0.05) is 51.5 Å². The molecule has 1 aromatic carbocycles. The second kappa shape index (κ2) is 7.80. The first-order chi connectivity index (χ1) is 12.0. The van der Waals surface area contributed by atoms with Crippen LogP contribution in [0.1, 0.15) is 11.1 Å². The topological polar surface area (TPSA) is 53.4 Å². The summed E-state index contributed by atoms with van der Waals surface area (Å²) in [5.74, 6) is 0.207. The van der Waals surface area contributed by atoms with Crippen molar-refractivity contribution in [1.29, 1.82) is 0 Å². The third-order valence-electron chi connectivity index (χ3n) is 4.60. The maximum atomic E-state index is 12.5. The van der Waals surface area contributed by atoms with Gasteiger partial charge in [-0.1, -0.05) is 23.8 Å². The number of carbonyl (C=O) groups is 1. The molecule has 134 valence electrons. The Morgan fingerprint density at radius 2 is 2.08 bits per heavy atom. The van der Waals surface area contributed by atoms with E-state index < -0.39 is 0 Å². The van der Waals surface area contributed by atoms with E-state index in [4.69, 9.17) is 0 Å². The first kappa shape index (κ1) is 17.6. The molecule has 0 aliphatic carbocycles. The number of amides is 1. The van der Waals surface area contributed by atoms with Crippen molar-refractivity contribution < 1.29 is 4.79 Å². The molecule has 0 saturated carbocycles. The van der Waals surface area contributed by atoms with Crippen LogP contribution in [0, 0.1) is 6.92 Å². The molecule has 1 aliphatic rings. The van der Waals surface area contributed by atoms with Gasteiger partial charge in [-0.05, 0) is 25.1 Å². The normalized spacial score (nSPS) is 15.0. The average molecular weight is 341 g/mol. The highest BCUT2D eigenvalue weighted by Crippen LogP contribution is 2.25. The summed E-state index contributed by atoms with van der Waals surface area (Å²) in [5.41, 5.74) is 4.74. The monoisotopic (exact) mass is 341 g/mol. The molecule has 2 aromatic rings. The minimum atomic E-state index is 0.207. The van der Waals surface area contributed by atoms with E-state index in [-0.39, 0.29) is 5.91 Å². The average Bonchev–Trinajstić information content (AvgIpc) is 3.03. The number of likely N-dealkylation sites (N-methyl/N-ethyl adjacent to an activating group) is 1. The van der Waals surface area contributed by atoms with Gasteiger partial charge in [0.15, 0.2) is 0 Å². The Hall–Kier alpha value is -2.18. The number of nitrogens with zero attached hydrogens (tertiary/aromatic N) is 4. The highest BCUT2D eigenvalue weighted by molar-refractivity contribution is 5.78. The van der Waals surface area contributed by atoms with Crippen molar-refractivity contribution >= 4 is 5.91 Å². The zero-order valence-electron chi connectivity index (χ0n) is 15.3. The summed E-state index contributed by atoms with van der Waals surface area (Å²) in [6.07, 6.45) is 3.92. The lowest BCUT2D eigenvalue weighted by molar-refractivity contribution is -0.132. The number of hydrogen-bond acceptors (Lipinski definition) is 4. The van der Waals surface area contributed by atoms with E-state index >= 15 is 0 Å². The van der Waals surface area contributed by atoms with Crippen molar-refractivity contribution in [3.8, 4) is 11.1 Å². The maximum Gasteiger partial charge on any atom is 0.236 e. The summed E-state index contributed by atoms with van der Waals surface area (Å²) in [6, 6.07) is 6.48. The summed E-state index contributed by atoms with van der Waals surface area (Å²) in [7, 11) is 3.93. The highest BCUT2D eigenvalue weighted by atomic mass is 16.2. The Balaban J connectivity index is 1.70. The second-order valence-corrected chi connectivity index (χ2v) is 6.87. The van der Waals surface area contributed by atoms with Crippen LogP contribution in [-0.4, -0.2) is 65.3 Å². The van der Waals surface area contributed by atoms with Crippen molar-refractivity contribution in [2.45, 2.75) is 13.5 Å². The minimum absolute atomic E-state index is 0.207. The van der Waals surface area contributed by atoms with Crippen LogP contribution in [0.5, 0.6) is 0 Å². The number of piperazine rings is 1. The Morgan fingerprint density at radius 3 is 2.76 bits per heavy atom. The highest BCUT2D eigenvalue weighted by Gasteiger charge is 2.18. The molecule has 0 atom stereocenters. The first-order valence-electron chi connectivity index (χ1n) is 8.78. The zero-order valence-corrected chi connectivity index (χ0v) is 15.3. The summed E-state index contributed by atoms with van der Waals surface area (Å²) in [6.45, 7) is 6.66. The molecule has 1 N–H and O–H groups in total. The molecule has 2 heterocycles. The van der Waals surface area contributed by atoms with E-state index in [0.717, 1.165) is 38.3 Å². The molecule has 0 bridgehead atoms. The molecule has 1 fully saturated rings. The number of rotatable bonds is 5. The summed E-state index contributed by atoms with van der Waals surface area (Å²) >= 11 is 0. The van der Waals surface area contributed by atoms with Crippen LogP contribution in [0.4, 0.5) is 0 Å². The van der Waals surface area contributed by atoms with Crippen molar-refractivity contribution in [2.24, 2.45) is 7.05 Å². The van der Waals surface area contributed by atoms with Crippen LogP contribution in [0.2, 0.25) is 0 Å². The Bertz CT molecular complexity index is 733. The predicted molar refractivity (Wildman–Crippen MR) is 99.2 cm³/mol. The van der Waals surface area contributed by atoms with E-state index in [0.29, 0.717) is 6.54 Å². The van der Waals surface area contributed by atoms with Crippen molar-refractivity contribution in [1.82, 2.24) is 24.9 Å². The molecule has 1 saturated heterocycles. The fraction of sp³-hybridized carbons (Fsp3) is 0.474. The van der Waals surface area contributed by atoms with Crippen molar-refractivity contribution in [3.63, 3.8) is 0 Å². The molecule has 3 rings (SSSR count). The summed E-state index contributed by atoms with van der Waals surface area (Å²) < 4.78 is 1.82. The van der Waals surface area contributed by atoms with E-state index in [9.17, 15) is 4.79 Å². The molecule has 25 heavy (non-hydrogen) atoms. The quantitative estimate of drug-likeness (QED) is 0.890. The van der Waals surface area contributed by atoms with Crippen molar-refractivity contribution in [3.05, 3.63) is 41.7 Å². The number of carbonyl (C=O) groups excluding carboxylic acids is 1. The van der Waals surface area contributed by atoms with Gasteiger partial charge in [0.1, 0.15) is 0 Å². The van der Waals surface area contributed by atoms with E-state index in [2.05, 4.69) is 40.4 Å². The van der Waals surface area contributed by atoms with Crippen LogP contribution in [0.15, 0.2) is 30.6 Å². The Labute approximate surface area is 149 Å². The SMILES string of the molecule is Cc1ccc(CN(C)CC(=O)N2CCNCC2)c(-c2cnn(C)c2)c1. The van der Waals surface area contributed by atoms with Crippen LogP contribution < -0.4 is 5.32 Å².